The lowest BCUT2D eigenvalue weighted by Gasteiger charge is -2.06. The molecule has 0 heterocycles. The lowest BCUT2D eigenvalue weighted by atomic mass is 10.0. The molecule has 0 bridgehead atoms. The standard InChI is InChI=1S/C14H18O4/c1-3-4-5-6-13(16)12-8-7-11(9-14(12)17)18-10(2)15/h7-9,17H,3-6H2,1-2H3. The fraction of sp³-hybridized carbons (Fsp3) is 0.429. The van der Waals surface area contributed by atoms with Gasteiger partial charge in [0.25, 0.3) is 0 Å². The van der Waals surface area contributed by atoms with Gasteiger partial charge in [-0.25, -0.2) is 0 Å². The highest BCUT2D eigenvalue weighted by atomic mass is 16.5. The van der Waals surface area contributed by atoms with E-state index >= 15 is 0 Å². The Kier molecular flexibility index (Phi) is 5.36. The smallest absolute Gasteiger partial charge is 0.308 e. The van der Waals surface area contributed by atoms with Crippen molar-refractivity contribution in [3.8, 4) is 11.5 Å². The zero-order valence-corrected chi connectivity index (χ0v) is 10.7. The maximum absolute atomic E-state index is 11.8. The topological polar surface area (TPSA) is 63.6 Å². The number of phenols is 1. The summed E-state index contributed by atoms with van der Waals surface area (Å²) in [6, 6.07) is 4.28. The summed E-state index contributed by atoms with van der Waals surface area (Å²) in [5, 5.41) is 9.72. The van der Waals surface area contributed by atoms with E-state index in [-0.39, 0.29) is 22.8 Å². The lowest BCUT2D eigenvalue weighted by Crippen LogP contribution is -2.03. The Hall–Kier alpha value is -1.84. The number of ketones is 1. The van der Waals surface area contributed by atoms with E-state index < -0.39 is 5.97 Å². The van der Waals surface area contributed by atoms with E-state index in [2.05, 4.69) is 6.92 Å². The van der Waals surface area contributed by atoms with Crippen LogP contribution in [-0.4, -0.2) is 16.9 Å². The number of rotatable bonds is 6. The summed E-state index contributed by atoms with van der Waals surface area (Å²) in [5.74, 6) is -0.452. The van der Waals surface area contributed by atoms with Crippen molar-refractivity contribution in [2.75, 3.05) is 0 Å². The molecular formula is C14H18O4. The monoisotopic (exact) mass is 250 g/mol. The molecule has 0 aliphatic rings. The molecule has 0 fully saturated rings. The number of ether oxygens (including phenoxy) is 1. The second kappa shape index (κ2) is 6.79. The van der Waals surface area contributed by atoms with Crippen molar-refractivity contribution < 1.29 is 19.4 Å². The van der Waals surface area contributed by atoms with Gasteiger partial charge in [0.15, 0.2) is 5.78 Å². The number of Topliss-reactive ketones (excluding diaryl/α,β-unsaturated/α-hetero) is 1. The Labute approximate surface area is 107 Å². The molecule has 1 rings (SSSR count). The summed E-state index contributed by atoms with van der Waals surface area (Å²) >= 11 is 0. The van der Waals surface area contributed by atoms with Gasteiger partial charge in [0.05, 0.1) is 5.56 Å². The fourth-order valence-corrected chi connectivity index (χ4v) is 1.65. The molecule has 0 atom stereocenters. The number of aromatic hydroxyl groups is 1. The molecule has 0 aliphatic carbocycles. The van der Waals surface area contributed by atoms with Crippen molar-refractivity contribution in [1.29, 1.82) is 0 Å². The van der Waals surface area contributed by atoms with Crippen LogP contribution in [0, 0.1) is 0 Å². The number of benzene rings is 1. The summed E-state index contributed by atoms with van der Waals surface area (Å²) in [6.07, 6.45) is 3.29. The number of carbonyl (C=O) groups is 2. The highest BCUT2D eigenvalue weighted by molar-refractivity contribution is 5.98. The normalized spacial score (nSPS) is 10.1. The second-order valence-electron chi connectivity index (χ2n) is 4.15. The van der Waals surface area contributed by atoms with Crippen LogP contribution in [0.4, 0.5) is 0 Å². The van der Waals surface area contributed by atoms with E-state index in [0.717, 1.165) is 19.3 Å². The van der Waals surface area contributed by atoms with Gasteiger partial charge < -0.3 is 9.84 Å². The maximum Gasteiger partial charge on any atom is 0.308 e. The van der Waals surface area contributed by atoms with Crippen LogP contribution < -0.4 is 4.74 Å². The van der Waals surface area contributed by atoms with E-state index in [1.54, 1.807) is 0 Å². The third-order valence-electron chi connectivity index (χ3n) is 2.54. The maximum atomic E-state index is 11.8. The van der Waals surface area contributed by atoms with Crippen LogP contribution in [0.1, 0.15) is 49.9 Å². The van der Waals surface area contributed by atoms with Crippen molar-refractivity contribution in [1.82, 2.24) is 0 Å². The number of esters is 1. The Morgan fingerprint density at radius 1 is 1.28 bits per heavy atom. The highest BCUT2D eigenvalue weighted by Gasteiger charge is 2.12. The third kappa shape index (κ3) is 4.20. The number of carbonyl (C=O) groups excluding carboxylic acids is 2. The first-order valence-electron chi connectivity index (χ1n) is 6.09. The van der Waals surface area contributed by atoms with Crippen LogP contribution in [-0.2, 0) is 4.79 Å². The van der Waals surface area contributed by atoms with Gasteiger partial charge in [-0.3, -0.25) is 9.59 Å². The summed E-state index contributed by atoms with van der Waals surface area (Å²) in [4.78, 5) is 22.6. The second-order valence-corrected chi connectivity index (χ2v) is 4.15. The zero-order chi connectivity index (χ0) is 13.5. The number of hydrogen-bond donors (Lipinski definition) is 1. The van der Waals surface area contributed by atoms with E-state index in [1.165, 1.54) is 25.1 Å². The van der Waals surface area contributed by atoms with Crippen LogP contribution in [0.25, 0.3) is 0 Å². The predicted octanol–water partition coefficient (Wildman–Crippen LogP) is 3.08. The van der Waals surface area contributed by atoms with Crippen LogP contribution >= 0.6 is 0 Å². The Morgan fingerprint density at radius 2 is 2.00 bits per heavy atom. The quantitative estimate of drug-likeness (QED) is 0.365. The molecule has 1 aromatic carbocycles. The van der Waals surface area contributed by atoms with Crippen LogP contribution in [0.5, 0.6) is 11.5 Å². The number of hydrogen-bond acceptors (Lipinski definition) is 4. The molecule has 98 valence electrons. The van der Waals surface area contributed by atoms with E-state index in [9.17, 15) is 14.7 Å². The molecule has 18 heavy (non-hydrogen) atoms. The minimum absolute atomic E-state index is 0.0877. The summed E-state index contributed by atoms with van der Waals surface area (Å²) < 4.78 is 4.82. The largest absolute Gasteiger partial charge is 0.507 e. The summed E-state index contributed by atoms with van der Waals surface area (Å²) in [6.45, 7) is 3.34. The average Bonchev–Trinajstić information content (AvgIpc) is 2.28. The third-order valence-corrected chi connectivity index (χ3v) is 2.54. The first-order valence-corrected chi connectivity index (χ1v) is 6.09. The van der Waals surface area contributed by atoms with Gasteiger partial charge in [-0.05, 0) is 18.6 Å². The summed E-state index contributed by atoms with van der Waals surface area (Å²) in [5.41, 5.74) is 0.280. The molecule has 0 amide bonds. The molecular weight excluding hydrogens is 232 g/mol. The van der Waals surface area contributed by atoms with E-state index in [4.69, 9.17) is 4.74 Å². The minimum Gasteiger partial charge on any atom is -0.507 e. The molecule has 0 aliphatic heterocycles. The first kappa shape index (κ1) is 14.2. The lowest BCUT2D eigenvalue weighted by molar-refractivity contribution is -0.131. The molecule has 4 nitrogen and oxygen atoms in total. The van der Waals surface area contributed by atoms with Gasteiger partial charge in [-0.2, -0.15) is 0 Å². The van der Waals surface area contributed by atoms with Gasteiger partial charge in [-0.1, -0.05) is 19.8 Å². The average molecular weight is 250 g/mol. The van der Waals surface area contributed by atoms with Crippen molar-refractivity contribution in [2.45, 2.75) is 39.5 Å². The molecule has 0 saturated heterocycles. The molecule has 1 N–H and O–H groups in total. The van der Waals surface area contributed by atoms with Crippen LogP contribution in [0.15, 0.2) is 18.2 Å². The van der Waals surface area contributed by atoms with Crippen molar-refractivity contribution in [3.05, 3.63) is 23.8 Å². The molecule has 0 aromatic heterocycles. The van der Waals surface area contributed by atoms with Crippen LogP contribution in [0.2, 0.25) is 0 Å². The molecule has 0 spiro atoms. The molecule has 0 unspecified atom stereocenters. The van der Waals surface area contributed by atoms with E-state index in [0.29, 0.717) is 6.42 Å². The molecule has 1 aromatic rings. The Bertz CT molecular complexity index is 437. The Balaban J connectivity index is 2.72. The summed E-state index contributed by atoms with van der Waals surface area (Å²) in [7, 11) is 0. The van der Waals surface area contributed by atoms with E-state index in [1.807, 2.05) is 0 Å². The molecule has 0 radical (unpaired) electrons. The van der Waals surface area contributed by atoms with Crippen molar-refractivity contribution in [2.24, 2.45) is 0 Å². The zero-order valence-electron chi connectivity index (χ0n) is 10.7. The predicted molar refractivity (Wildman–Crippen MR) is 67.9 cm³/mol. The van der Waals surface area contributed by atoms with Gasteiger partial charge in [0.2, 0.25) is 0 Å². The van der Waals surface area contributed by atoms with Gasteiger partial charge >= 0.3 is 5.97 Å². The fourth-order valence-electron chi connectivity index (χ4n) is 1.65. The minimum atomic E-state index is -0.462. The van der Waals surface area contributed by atoms with Crippen molar-refractivity contribution >= 4 is 11.8 Å². The van der Waals surface area contributed by atoms with Gasteiger partial charge in [0.1, 0.15) is 11.5 Å². The van der Waals surface area contributed by atoms with Crippen LogP contribution in [0.3, 0.4) is 0 Å². The molecule has 4 heteroatoms. The van der Waals surface area contributed by atoms with Gasteiger partial charge in [0, 0.05) is 19.4 Å². The first-order chi connectivity index (χ1) is 8.54. The SMILES string of the molecule is CCCCCC(=O)c1ccc(OC(C)=O)cc1O. The molecule has 0 saturated carbocycles. The highest BCUT2D eigenvalue weighted by Crippen LogP contribution is 2.25. The number of phenolic OH excluding ortho intramolecular Hbond substituents is 1. The van der Waals surface area contributed by atoms with Gasteiger partial charge in [-0.15, -0.1) is 0 Å². The van der Waals surface area contributed by atoms with Crippen molar-refractivity contribution in [3.63, 3.8) is 0 Å². The Morgan fingerprint density at radius 3 is 2.56 bits per heavy atom. The number of unbranched alkanes of at least 4 members (excludes halogenated alkanes) is 2.